The minimum Gasteiger partial charge on any atom is -0.314 e. The third-order valence-electron chi connectivity index (χ3n) is 3.39. The molecule has 1 saturated heterocycles. The van der Waals surface area contributed by atoms with Gasteiger partial charge in [0.15, 0.2) is 11.6 Å². The minimum atomic E-state index is -1.06. The summed E-state index contributed by atoms with van der Waals surface area (Å²) in [5, 5.41) is 3.18. The molecule has 6 heteroatoms. The van der Waals surface area contributed by atoms with Gasteiger partial charge in [-0.3, -0.25) is 4.90 Å². The van der Waals surface area contributed by atoms with Gasteiger partial charge in [-0.15, -0.1) is 12.4 Å². The lowest BCUT2D eigenvalue weighted by Gasteiger charge is -2.35. The van der Waals surface area contributed by atoms with Crippen molar-refractivity contribution in [3.63, 3.8) is 0 Å². The van der Waals surface area contributed by atoms with Gasteiger partial charge in [0.05, 0.1) is 0 Å². The molecular formula is C13H18ClF3N2. The molecule has 0 aliphatic carbocycles. The standard InChI is InChI=1S/C13H17F3N2.ClH/c1-2-11(18-7-5-17-6-8-18)12-9(14)3-4-10(15)13(12)16;/h3-4,11,17H,2,5-8H2,1H3;1H/t11-;/m1./s1. The predicted molar refractivity (Wildman–Crippen MR) is 71.0 cm³/mol. The van der Waals surface area contributed by atoms with Crippen molar-refractivity contribution in [1.82, 2.24) is 10.2 Å². The number of piperazine rings is 1. The third-order valence-corrected chi connectivity index (χ3v) is 3.39. The first kappa shape index (κ1) is 16.3. The Morgan fingerprint density at radius 2 is 1.74 bits per heavy atom. The minimum absolute atomic E-state index is 0. The summed E-state index contributed by atoms with van der Waals surface area (Å²) in [4.78, 5) is 2.00. The van der Waals surface area contributed by atoms with Gasteiger partial charge in [-0.25, -0.2) is 13.2 Å². The van der Waals surface area contributed by atoms with E-state index >= 15 is 0 Å². The lowest BCUT2D eigenvalue weighted by Crippen LogP contribution is -2.45. The highest BCUT2D eigenvalue weighted by atomic mass is 35.5. The fraction of sp³-hybridized carbons (Fsp3) is 0.538. The Labute approximate surface area is 117 Å². The summed E-state index contributed by atoms with van der Waals surface area (Å²) in [7, 11) is 0. The van der Waals surface area contributed by atoms with Gasteiger partial charge in [0.25, 0.3) is 0 Å². The first-order chi connectivity index (χ1) is 8.65. The van der Waals surface area contributed by atoms with Crippen LogP contribution in [0, 0.1) is 17.5 Å². The zero-order chi connectivity index (χ0) is 13.1. The number of nitrogens with zero attached hydrogens (tertiary/aromatic N) is 1. The van der Waals surface area contributed by atoms with Crippen LogP contribution in [-0.4, -0.2) is 31.1 Å². The second kappa shape index (κ2) is 7.12. The molecule has 2 nitrogen and oxygen atoms in total. The molecule has 19 heavy (non-hydrogen) atoms. The van der Waals surface area contributed by atoms with E-state index in [1.807, 2.05) is 11.8 Å². The molecule has 0 aromatic heterocycles. The average molecular weight is 295 g/mol. The monoisotopic (exact) mass is 294 g/mol. The van der Waals surface area contributed by atoms with E-state index < -0.39 is 23.5 Å². The molecule has 0 amide bonds. The Bertz CT molecular complexity index is 423. The van der Waals surface area contributed by atoms with Crippen LogP contribution in [0.1, 0.15) is 24.9 Å². The van der Waals surface area contributed by atoms with Gasteiger partial charge in [-0.2, -0.15) is 0 Å². The Morgan fingerprint density at radius 1 is 1.16 bits per heavy atom. The fourth-order valence-corrected chi connectivity index (χ4v) is 2.49. The normalized spacial score (nSPS) is 17.9. The summed E-state index contributed by atoms with van der Waals surface area (Å²) in [6, 6.07) is 1.43. The molecule has 0 bridgehead atoms. The van der Waals surface area contributed by atoms with Crippen LogP contribution in [-0.2, 0) is 0 Å². The van der Waals surface area contributed by atoms with E-state index in [9.17, 15) is 13.2 Å². The van der Waals surface area contributed by atoms with E-state index in [2.05, 4.69) is 5.32 Å². The highest BCUT2D eigenvalue weighted by Crippen LogP contribution is 2.30. The van der Waals surface area contributed by atoms with E-state index in [4.69, 9.17) is 0 Å². The van der Waals surface area contributed by atoms with Crippen LogP contribution in [0.4, 0.5) is 13.2 Å². The molecule has 0 unspecified atom stereocenters. The lowest BCUT2D eigenvalue weighted by molar-refractivity contribution is 0.162. The highest BCUT2D eigenvalue weighted by molar-refractivity contribution is 5.85. The molecule has 1 atom stereocenters. The summed E-state index contributed by atoms with van der Waals surface area (Å²) < 4.78 is 40.8. The van der Waals surface area contributed by atoms with Crippen LogP contribution >= 0.6 is 12.4 Å². The van der Waals surface area contributed by atoms with Gasteiger partial charge in [0.1, 0.15) is 5.82 Å². The molecule has 1 aliphatic rings. The number of hydrogen-bond donors (Lipinski definition) is 1. The van der Waals surface area contributed by atoms with Crippen molar-refractivity contribution in [3.8, 4) is 0 Å². The van der Waals surface area contributed by atoms with E-state index in [1.165, 1.54) is 0 Å². The first-order valence-electron chi connectivity index (χ1n) is 6.23. The molecule has 1 aliphatic heterocycles. The molecule has 2 rings (SSSR count). The van der Waals surface area contributed by atoms with Gasteiger partial charge in [0, 0.05) is 37.8 Å². The molecule has 108 valence electrons. The number of benzene rings is 1. The number of rotatable bonds is 3. The maximum absolute atomic E-state index is 13.8. The zero-order valence-electron chi connectivity index (χ0n) is 10.8. The van der Waals surface area contributed by atoms with Gasteiger partial charge in [0.2, 0.25) is 0 Å². The van der Waals surface area contributed by atoms with Crippen molar-refractivity contribution in [3.05, 3.63) is 35.1 Å². The Hall–Kier alpha value is -0.780. The summed E-state index contributed by atoms with van der Waals surface area (Å²) in [6.45, 7) is 4.86. The molecule has 0 spiro atoms. The van der Waals surface area contributed by atoms with Gasteiger partial charge in [-0.05, 0) is 18.6 Å². The molecular weight excluding hydrogens is 277 g/mol. The maximum Gasteiger partial charge on any atom is 0.166 e. The lowest BCUT2D eigenvalue weighted by atomic mass is 10.0. The Balaban J connectivity index is 0.00000180. The number of nitrogens with one attached hydrogen (secondary N) is 1. The van der Waals surface area contributed by atoms with Gasteiger partial charge in [-0.1, -0.05) is 6.92 Å². The van der Waals surface area contributed by atoms with Gasteiger partial charge < -0.3 is 5.32 Å². The number of hydrogen-bond acceptors (Lipinski definition) is 2. The third kappa shape index (κ3) is 3.41. The Kier molecular flexibility index (Phi) is 6.10. The van der Waals surface area contributed by atoms with Crippen LogP contribution in [0.3, 0.4) is 0 Å². The smallest absolute Gasteiger partial charge is 0.166 e. The van der Waals surface area contributed by atoms with E-state index in [1.54, 1.807) is 0 Å². The fourth-order valence-electron chi connectivity index (χ4n) is 2.49. The molecule has 1 N–H and O–H groups in total. The number of halogens is 4. The quantitative estimate of drug-likeness (QED) is 0.863. The second-order valence-electron chi connectivity index (χ2n) is 4.47. The zero-order valence-corrected chi connectivity index (χ0v) is 11.6. The SMILES string of the molecule is CC[C@H](c1c(F)ccc(F)c1F)N1CCNCC1.Cl. The van der Waals surface area contributed by atoms with Crippen molar-refractivity contribution in [2.24, 2.45) is 0 Å². The summed E-state index contributed by atoms with van der Waals surface area (Å²) in [6.07, 6.45) is 0.553. The summed E-state index contributed by atoms with van der Waals surface area (Å²) in [5.74, 6) is -2.71. The average Bonchev–Trinajstić information content (AvgIpc) is 2.40. The molecule has 1 fully saturated rings. The van der Waals surface area contributed by atoms with Crippen LogP contribution in [0.2, 0.25) is 0 Å². The predicted octanol–water partition coefficient (Wildman–Crippen LogP) is 2.88. The van der Waals surface area contributed by atoms with E-state index in [0.29, 0.717) is 19.5 Å². The van der Waals surface area contributed by atoms with Gasteiger partial charge >= 0.3 is 0 Å². The van der Waals surface area contributed by atoms with Crippen molar-refractivity contribution in [2.45, 2.75) is 19.4 Å². The molecule has 1 heterocycles. The van der Waals surface area contributed by atoms with Crippen molar-refractivity contribution < 1.29 is 13.2 Å². The molecule has 0 saturated carbocycles. The molecule has 0 radical (unpaired) electrons. The highest BCUT2D eigenvalue weighted by Gasteiger charge is 2.27. The van der Waals surface area contributed by atoms with Crippen molar-refractivity contribution in [2.75, 3.05) is 26.2 Å². The van der Waals surface area contributed by atoms with Crippen LogP contribution in [0.15, 0.2) is 12.1 Å². The van der Waals surface area contributed by atoms with Crippen LogP contribution in [0.5, 0.6) is 0 Å². The Morgan fingerprint density at radius 3 is 2.32 bits per heavy atom. The summed E-state index contributed by atoms with van der Waals surface area (Å²) >= 11 is 0. The van der Waals surface area contributed by atoms with Crippen molar-refractivity contribution in [1.29, 1.82) is 0 Å². The van der Waals surface area contributed by atoms with Crippen LogP contribution < -0.4 is 5.32 Å². The van der Waals surface area contributed by atoms with Crippen molar-refractivity contribution >= 4 is 12.4 Å². The molecule has 1 aromatic rings. The topological polar surface area (TPSA) is 15.3 Å². The second-order valence-corrected chi connectivity index (χ2v) is 4.47. The van der Waals surface area contributed by atoms with E-state index in [-0.39, 0.29) is 18.0 Å². The molecule has 1 aromatic carbocycles. The van der Waals surface area contributed by atoms with Crippen LogP contribution in [0.25, 0.3) is 0 Å². The largest absolute Gasteiger partial charge is 0.314 e. The first-order valence-corrected chi connectivity index (χ1v) is 6.23. The summed E-state index contributed by atoms with van der Waals surface area (Å²) in [5.41, 5.74) is -0.139. The maximum atomic E-state index is 13.8. The van der Waals surface area contributed by atoms with E-state index in [0.717, 1.165) is 25.2 Å².